The second-order valence-electron chi connectivity index (χ2n) is 11.1. The second kappa shape index (κ2) is 46.1. The average Bonchev–Trinajstić information content (AvgIpc) is 3.14. The maximum atomic E-state index is 5.77. The Hall–Kier alpha value is -1.62. The highest BCUT2D eigenvalue weighted by Gasteiger charge is 2.27. The van der Waals surface area contributed by atoms with Gasteiger partial charge in [-0.05, 0) is 77.9 Å². The van der Waals surface area contributed by atoms with E-state index < -0.39 is 32.5 Å². The fraction of sp³-hybridized carbons (Fsp3) is 0.600. The van der Waals surface area contributed by atoms with Gasteiger partial charge in [0.15, 0.2) is 0 Å². The van der Waals surface area contributed by atoms with Crippen LogP contribution in [0.2, 0.25) is 0 Å². The number of hydrogen-bond acceptors (Lipinski definition) is 10. The van der Waals surface area contributed by atoms with Gasteiger partial charge in [-0.3, -0.25) is 0 Å². The van der Waals surface area contributed by atoms with Crippen LogP contribution in [0.25, 0.3) is 0 Å². The third kappa shape index (κ3) is 40.6. The molecule has 0 unspecified atom stereocenters. The molecule has 0 aromatic rings. The van der Waals surface area contributed by atoms with Crippen molar-refractivity contribution in [2.75, 3.05) is 52.9 Å². The summed E-state index contributed by atoms with van der Waals surface area (Å²) in [5, 5.41) is 0. The van der Waals surface area contributed by atoms with Gasteiger partial charge in [-0.25, -0.2) is 9.34 Å². The largest absolute Gasteiger partial charge is 0.321 e. The summed E-state index contributed by atoms with van der Waals surface area (Å²) in [6, 6.07) is 1.35. The molecule has 0 amide bonds. The van der Waals surface area contributed by atoms with Crippen LogP contribution in [0, 0.1) is 98.8 Å². The van der Waals surface area contributed by atoms with Crippen molar-refractivity contribution in [2.45, 2.75) is 105 Å². The van der Waals surface area contributed by atoms with Crippen LogP contribution in [0.4, 0.5) is 0 Å². The lowest BCUT2D eigenvalue weighted by molar-refractivity contribution is 0.179. The molecule has 0 spiro atoms. The molecule has 0 radical (unpaired) electrons. The summed E-state index contributed by atoms with van der Waals surface area (Å²) in [5.41, 5.74) is 0. The van der Waals surface area contributed by atoms with Gasteiger partial charge in [0.1, 0.15) is 26.4 Å². The number of halogens is 2. The van der Waals surface area contributed by atoms with Gasteiger partial charge in [0, 0.05) is 49.9 Å². The molecule has 0 N–H and O–H groups in total. The van der Waals surface area contributed by atoms with Gasteiger partial charge in [0.25, 0.3) is 32.5 Å². The molecular formula is C40H60Cl2N2O8P4. The van der Waals surface area contributed by atoms with Crippen molar-refractivity contribution in [1.82, 2.24) is 9.34 Å². The molecule has 16 heteroatoms. The molecule has 0 aliphatic heterocycles. The van der Waals surface area contributed by atoms with Crippen molar-refractivity contribution in [3.63, 3.8) is 0 Å². The first kappa shape index (κ1) is 61.0. The highest BCUT2D eigenvalue weighted by atomic mass is 35.7. The minimum Gasteiger partial charge on any atom is -0.321 e. The summed E-state index contributed by atoms with van der Waals surface area (Å²) < 4.78 is 46.5. The summed E-state index contributed by atoms with van der Waals surface area (Å²) >= 11 is 11.1. The zero-order valence-corrected chi connectivity index (χ0v) is 39.2. The molecule has 0 aromatic carbocycles. The van der Waals surface area contributed by atoms with E-state index in [4.69, 9.17) is 110 Å². The molecule has 0 atom stereocenters. The van der Waals surface area contributed by atoms with E-state index in [9.17, 15) is 0 Å². The average molecular weight is 892 g/mol. The van der Waals surface area contributed by atoms with Gasteiger partial charge in [0.05, 0.1) is 26.4 Å². The van der Waals surface area contributed by atoms with E-state index in [1.165, 1.54) is 0 Å². The highest BCUT2D eigenvalue weighted by molar-refractivity contribution is 7.76. The predicted octanol–water partition coefficient (Wildman–Crippen LogP) is 10.3. The first-order valence-corrected chi connectivity index (χ1v) is 23.7. The Morgan fingerprint density at radius 2 is 0.607 bits per heavy atom. The topological polar surface area (TPSA) is 80.3 Å². The van der Waals surface area contributed by atoms with Gasteiger partial charge in [-0.1, -0.05) is 23.7 Å². The lowest BCUT2D eigenvalue weighted by Crippen LogP contribution is -2.33. The van der Waals surface area contributed by atoms with Crippen LogP contribution in [0.5, 0.6) is 0 Å². The summed E-state index contributed by atoms with van der Waals surface area (Å²) in [6.45, 7) is 19.6. The molecule has 0 rings (SSSR count). The lowest BCUT2D eigenvalue weighted by atomic mass is 10.3. The molecule has 312 valence electrons. The minimum absolute atomic E-state index is 0.153. The standard InChI is InChI=1S/C14H24NO2P.C12H20NO2P.C8H10ClO2P.C6H6ClO2P/c1-7-9-11-16-18(17-12-10-8-2)15(13(3)4)14(5)6;1-7-9-14-16(15-10-8-2)13(11(3)4)12(5)6;1-3-5-7-10-12(9)11-8-6-4-2;1-3-5-8-10(7)9-6-4-2/h1-2,13-14H,9-12H2,3-6H3;1-2,11-12H,9-10H2,3-6H3;1-2H,5-8H2;1-2H,5-6H2. The number of terminal acetylenes is 8. The van der Waals surface area contributed by atoms with Crippen molar-refractivity contribution >= 4 is 55.0 Å². The summed E-state index contributed by atoms with van der Waals surface area (Å²) in [6.07, 6.45) is 42.9. The molecule has 0 aliphatic carbocycles. The molecule has 0 aliphatic rings. The Morgan fingerprint density at radius 1 is 0.375 bits per heavy atom. The molecule has 10 nitrogen and oxygen atoms in total. The SMILES string of the molecule is C#CCCOP(Cl)OCCC#C.C#CCCOP(OCCC#C)N(C(C)C)C(C)C.C#CCOP(Cl)OCC#C.C#CCOP(OCC#C)N(C(C)C)C(C)C. The van der Waals surface area contributed by atoms with Gasteiger partial charge >= 0.3 is 0 Å². The van der Waals surface area contributed by atoms with Gasteiger partial charge in [0.2, 0.25) is 0 Å². The molecule has 0 bridgehead atoms. The van der Waals surface area contributed by atoms with Crippen molar-refractivity contribution in [3.05, 3.63) is 0 Å². The molecule has 0 heterocycles. The number of nitrogens with zero attached hydrogens (tertiary/aromatic N) is 2. The van der Waals surface area contributed by atoms with Crippen LogP contribution in [0.15, 0.2) is 0 Å². The van der Waals surface area contributed by atoms with E-state index in [0.717, 1.165) is 0 Å². The van der Waals surface area contributed by atoms with Crippen LogP contribution >= 0.6 is 55.0 Å². The van der Waals surface area contributed by atoms with Crippen LogP contribution in [0.1, 0.15) is 81.1 Å². The fourth-order valence-corrected chi connectivity index (χ4v) is 8.17. The summed E-state index contributed by atoms with van der Waals surface area (Å²) in [5.74, 6) is 19.4. The van der Waals surface area contributed by atoms with Gasteiger partial charge in [-0.15, -0.1) is 75.1 Å². The fourth-order valence-electron chi connectivity index (χ4n) is 3.44. The lowest BCUT2D eigenvalue weighted by Gasteiger charge is -2.35. The van der Waals surface area contributed by atoms with Crippen molar-refractivity contribution < 1.29 is 36.2 Å². The quantitative estimate of drug-likeness (QED) is 0.0476. The zero-order chi connectivity index (χ0) is 43.6. The summed E-state index contributed by atoms with van der Waals surface area (Å²) in [4.78, 5) is 0. The van der Waals surface area contributed by atoms with Crippen LogP contribution in [0.3, 0.4) is 0 Å². The van der Waals surface area contributed by atoms with Crippen LogP contribution < -0.4 is 0 Å². The normalized spacial score (nSPS) is 10.4. The van der Waals surface area contributed by atoms with Crippen LogP contribution in [-0.2, 0) is 36.2 Å². The minimum atomic E-state index is -1.41. The first-order valence-electron chi connectivity index (χ1n) is 17.3. The van der Waals surface area contributed by atoms with Crippen molar-refractivity contribution in [3.8, 4) is 98.8 Å². The number of hydrogen-bond donors (Lipinski definition) is 0. The third-order valence-corrected chi connectivity index (χ3v) is 12.0. The number of rotatable bonds is 26. The molecule has 0 aromatic heterocycles. The molecular weight excluding hydrogens is 831 g/mol. The zero-order valence-electron chi connectivity index (χ0n) is 34.1. The molecule has 0 fully saturated rings. The Bertz CT molecular complexity index is 1200. The van der Waals surface area contributed by atoms with E-state index >= 15 is 0 Å². The van der Waals surface area contributed by atoms with E-state index in [-0.39, 0.29) is 26.4 Å². The molecule has 0 saturated heterocycles. The highest BCUT2D eigenvalue weighted by Crippen LogP contribution is 2.47. The second-order valence-corrected chi connectivity index (χ2v) is 17.5. The Labute approximate surface area is 355 Å². The van der Waals surface area contributed by atoms with Crippen molar-refractivity contribution in [1.29, 1.82) is 0 Å². The maximum Gasteiger partial charge on any atom is 0.278 e. The smallest absolute Gasteiger partial charge is 0.278 e. The van der Waals surface area contributed by atoms with Crippen LogP contribution in [-0.4, -0.2) is 86.4 Å². The first-order chi connectivity index (χ1) is 26.7. The van der Waals surface area contributed by atoms with E-state index in [2.05, 4.69) is 112 Å². The molecule has 0 saturated carbocycles. The van der Waals surface area contributed by atoms with Gasteiger partial charge in [-0.2, -0.15) is 0 Å². The Kier molecular flexibility index (Phi) is 50.2. The predicted molar refractivity (Wildman–Crippen MR) is 240 cm³/mol. The van der Waals surface area contributed by atoms with Gasteiger partial charge < -0.3 is 36.2 Å². The van der Waals surface area contributed by atoms with E-state index in [1.54, 1.807) is 0 Å². The monoisotopic (exact) mass is 890 g/mol. The summed E-state index contributed by atoms with van der Waals surface area (Å²) in [7, 11) is -4.98. The van der Waals surface area contributed by atoms with E-state index in [0.29, 0.717) is 76.3 Å². The molecule has 56 heavy (non-hydrogen) atoms. The van der Waals surface area contributed by atoms with Crippen molar-refractivity contribution in [2.24, 2.45) is 0 Å². The Morgan fingerprint density at radius 3 is 0.857 bits per heavy atom. The van der Waals surface area contributed by atoms with E-state index in [1.807, 2.05) is 0 Å². The maximum absolute atomic E-state index is 5.77. The Balaban J connectivity index is -0.000000330. The third-order valence-electron chi connectivity index (χ3n) is 5.28.